The fourth-order valence-corrected chi connectivity index (χ4v) is 3.80. The van der Waals surface area contributed by atoms with E-state index in [4.69, 9.17) is 4.74 Å². The van der Waals surface area contributed by atoms with E-state index >= 15 is 0 Å². The molecule has 2 heterocycles. The van der Waals surface area contributed by atoms with Crippen LogP contribution in [0.5, 0.6) is 5.75 Å². The third-order valence-corrected chi connectivity index (χ3v) is 5.40. The average molecular weight is 385 g/mol. The molecule has 0 aliphatic heterocycles. The van der Waals surface area contributed by atoms with E-state index in [0.717, 1.165) is 39.5 Å². The van der Waals surface area contributed by atoms with Crippen LogP contribution in [0, 0.1) is 20.8 Å². The van der Waals surface area contributed by atoms with Crippen LogP contribution >= 0.6 is 11.3 Å². The van der Waals surface area contributed by atoms with E-state index in [1.54, 1.807) is 7.11 Å². The fourth-order valence-electron chi connectivity index (χ4n) is 3.08. The highest BCUT2D eigenvalue weighted by atomic mass is 32.1. The first-order chi connectivity index (χ1) is 12.9. The summed E-state index contributed by atoms with van der Waals surface area (Å²) in [6, 6.07) is 5.97. The Morgan fingerprint density at radius 2 is 2.07 bits per heavy atom. The van der Waals surface area contributed by atoms with E-state index in [-0.39, 0.29) is 5.91 Å². The van der Waals surface area contributed by atoms with Gasteiger partial charge in [-0.2, -0.15) is 5.10 Å². The van der Waals surface area contributed by atoms with Gasteiger partial charge < -0.3 is 10.1 Å². The minimum absolute atomic E-state index is 0.0465. The van der Waals surface area contributed by atoms with Gasteiger partial charge in [0.25, 0.3) is 0 Å². The van der Waals surface area contributed by atoms with E-state index in [1.165, 1.54) is 11.3 Å². The topological polar surface area (TPSA) is 69.0 Å². The molecular weight excluding hydrogens is 360 g/mol. The molecule has 0 aliphatic carbocycles. The molecule has 1 amide bonds. The number of amides is 1. The van der Waals surface area contributed by atoms with Crippen molar-refractivity contribution < 1.29 is 9.53 Å². The lowest BCUT2D eigenvalue weighted by Gasteiger charge is -2.07. The summed E-state index contributed by atoms with van der Waals surface area (Å²) in [6.45, 7) is 6.03. The van der Waals surface area contributed by atoms with Crippen molar-refractivity contribution in [3.63, 3.8) is 0 Å². The van der Waals surface area contributed by atoms with Gasteiger partial charge in [0.2, 0.25) is 5.91 Å². The van der Waals surface area contributed by atoms with Crippen LogP contribution in [0.15, 0.2) is 23.6 Å². The predicted molar refractivity (Wildman–Crippen MR) is 108 cm³/mol. The summed E-state index contributed by atoms with van der Waals surface area (Å²) in [6.07, 6.45) is 1.07. The number of methoxy groups -OCH3 is 1. The number of ether oxygens (including phenoxy) is 1. The number of hydrogen-bond donors (Lipinski definition) is 1. The third kappa shape index (κ3) is 4.19. The van der Waals surface area contributed by atoms with E-state index < -0.39 is 0 Å². The fraction of sp³-hybridized carbons (Fsp3) is 0.350. The second kappa shape index (κ2) is 7.92. The highest BCUT2D eigenvalue weighted by Crippen LogP contribution is 2.33. The maximum Gasteiger partial charge on any atom is 0.226 e. The Morgan fingerprint density at radius 3 is 2.74 bits per heavy atom. The lowest BCUT2D eigenvalue weighted by Crippen LogP contribution is -2.12. The van der Waals surface area contributed by atoms with Crippen LogP contribution in [0.25, 0.3) is 11.3 Å². The SMILES string of the molecule is COc1ccc(C)cc1-c1csc(NC(=O)CCc2c(C)nn(C)c2C)n1. The molecule has 2 aromatic heterocycles. The molecule has 0 saturated carbocycles. The van der Waals surface area contributed by atoms with Crippen molar-refractivity contribution in [1.82, 2.24) is 14.8 Å². The molecule has 0 atom stereocenters. The molecule has 7 heteroatoms. The van der Waals surface area contributed by atoms with Gasteiger partial charge in [0.1, 0.15) is 5.75 Å². The summed E-state index contributed by atoms with van der Waals surface area (Å²) in [5.41, 5.74) is 6.07. The number of carbonyl (C=O) groups is 1. The first-order valence-corrected chi connectivity index (χ1v) is 9.66. The molecule has 1 aromatic carbocycles. The van der Waals surface area contributed by atoms with Crippen molar-refractivity contribution in [3.05, 3.63) is 46.1 Å². The van der Waals surface area contributed by atoms with E-state index in [2.05, 4.69) is 15.4 Å². The molecule has 1 N–H and O–H groups in total. The van der Waals surface area contributed by atoms with Crippen LogP contribution in [-0.2, 0) is 18.3 Å². The van der Waals surface area contributed by atoms with Gasteiger partial charge in [-0.25, -0.2) is 4.98 Å². The number of carbonyl (C=O) groups excluding carboxylic acids is 1. The molecule has 0 spiro atoms. The second-order valence-corrected chi connectivity index (χ2v) is 7.42. The number of nitrogens with zero attached hydrogens (tertiary/aromatic N) is 3. The molecule has 0 bridgehead atoms. The van der Waals surface area contributed by atoms with E-state index in [1.807, 2.05) is 56.1 Å². The van der Waals surface area contributed by atoms with Crippen LogP contribution in [0.2, 0.25) is 0 Å². The van der Waals surface area contributed by atoms with Crippen LogP contribution in [0.4, 0.5) is 5.13 Å². The Hall–Kier alpha value is -2.67. The minimum Gasteiger partial charge on any atom is -0.496 e. The number of thiazole rings is 1. The van der Waals surface area contributed by atoms with Crippen molar-refractivity contribution in [1.29, 1.82) is 0 Å². The number of nitrogens with one attached hydrogen (secondary N) is 1. The number of benzene rings is 1. The molecule has 0 unspecified atom stereocenters. The molecule has 0 aliphatic rings. The van der Waals surface area contributed by atoms with E-state index in [0.29, 0.717) is 18.0 Å². The zero-order chi connectivity index (χ0) is 19.6. The van der Waals surface area contributed by atoms with Gasteiger partial charge >= 0.3 is 0 Å². The van der Waals surface area contributed by atoms with Crippen molar-refractivity contribution in [3.8, 4) is 17.0 Å². The molecule has 0 fully saturated rings. The Kier molecular flexibility index (Phi) is 5.60. The Labute approximate surface area is 163 Å². The number of aromatic nitrogens is 3. The Balaban J connectivity index is 1.67. The second-order valence-electron chi connectivity index (χ2n) is 6.56. The maximum atomic E-state index is 12.3. The normalized spacial score (nSPS) is 10.9. The van der Waals surface area contributed by atoms with Crippen LogP contribution < -0.4 is 10.1 Å². The maximum absolute atomic E-state index is 12.3. The molecule has 3 aromatic rings. The zero-order valence-electron chi connectivity index (χ0n) is 16.3. The highest BCUT2D eigenvalue weighted by Gasteiger charge is 2.14. The molecule has 3 rings (SSSR count). The predicted octanol–water partition coefficient (Wildman–Crippen LogP) is 4.05. The monoisotopic (exact) mass is 384 g/mol. The average Bonchev–Trinajstić information content (AvgIpc) is 3.18. The van der Waals surface area contributed by atoms with Crippen LogP contribution in [-0.4, -0.2) is 27.8 Å². The van der Waals surface area contributed by atoms with Crippen LogP contribution in [0.1, 0.15) is 28.9 Å². The lowest BCUT2D eigenvalue weighted by atomic mass is 10.1. The van der Waals surface area contributed by atoms with Gasteiger partial charge in [0.05, 0.1) is 18.5 Å². The number of anilines is 1. The van der Waals surface area contributed by atoms with E-state index in [9.17, 15) is 4.79 Å². The van der Waals surface area contributed by atoms with Crippen molar-refractivity contribution >= 4 is 22.4 Å². The summed E-state index contributed by atoms with van der Waals surface area (Å²) in [4.78, 5) is 16.9. The van der Waals surface area contributed by atoms with Gasteiger partial charge in [-0.15, -0.1) is 11.3 Å². The number of aryl methyl sites for hydroxylation is 3. The summed E-state index contributed by atoms with van der Waals surface area (Å²) >= 11 is 1.41. The van der Waals surface area contributed by atoms with Crippen LogP contribution in [0.3, 0.4) is 0 Å². The first-order valence-electron chi connectivity index (χ1n) is 8.78. The largest absolute Gasteiger partial charge is 0.496 e. The van der Waals surface area contributed by atoms with Crippen molar-refractivity contribution in [2.24, 2.45) is 7.05 Å². The smallest absolute Gasteiger partial charge is 0.226 e. The molecule has 6 nitrogen and oxygen atoms in total. The van der Waals surface area contributed by atoms with Gasteiger partial charge in [-0.05, 0) is 44.9 Å². The van der Waals surface area contributed by atoms with Gasteiger partial charge in [0, 0.05) is 30.1 Å². The summed E-state index contributed by atoms with van der Waals surface area (Å²) in [5, 5.41) is 9.82. The molecule has 0 radical (unpaired) electrons. The minimum atomic E-state index is -0.0465. The van der Waals surface area contributed by atoms with Gasteiger partial charge in [0.15, 0.2) is 5.13 Å². The first kappa shape index (κ1) is 19.1. The Morgan fingerprint density at radius 1 is 1.30 bits per heavy atom. The summed E-state index contributed by atoms with van der Waals surface area (Å²) < 4.78 is 7.28. The van der Waals surface area contributed by atoms with Crippen molar-refractivity contribution in [2.45, 2.75) is 33.6 Å². The number of rotatable bonds is 6. The quantitative estimate of drug-likeness (QED) is 0.696. The summed E-state index contributed by atoms with van der Waals surface area (Å²) in [7, 11) is 3.56. The summed E-state index contributed by atoms with van der Waals surface area (Å²) in [5.74, 6) is 0.723. The third-order valence-electron chi connectivity index (χ3n) is 4.64. The van der Waals surface area contributed by atoms with Gasteiger partial charge in [-0.3, -0.25) is 9.48 Å². The molecule has 142 valence electrons. The van der Waals surface area contributed by atoms with Crippen molar-refractivity contribution in [2.75, 3.05) is 12.4 Å². The number of hydrogen-bond acceptors (Lipinski definition) is 5. The lowest BCUT2D eigenvalue weighted by molar-refractivity contribution is -0.116. The molecule has 27 heavy (non-hydrogen) atoms. The molecule has 0 saturated heterocycles. The standard InChI is InChI=1S/C20H24N4O2S/c1-12-6-8-18(26-5)16(10-12)17-11-27-20(21-17)22-19(25)9-7-15-13(2)23-24(4)14(15)3/h6,8,10-11H,7,9H2,1-5H3,(H,21,22,25). The highest BCUT2D eigenvalue weighted by molar-refractivity contribution is 7.14. The van der Waals surface area contributed by atoms with Gasteiger partial charge in [-0.1, -0.05) is 11.6 Å². The zero-order valence-corrected chi connectivity index (χ0v) is 17.1. The Bertz CT molecular complexity index is 975. The molecular formula is C20H24N4O2S.